The normalized spacial score (nSPS) is 17.6. The number of aromatic nitrogens is 2. The number of aryl methyl sites for hydroxylation is 1. The molecule has 2 aromatic heterocycles. The second-order valence-corrected chi connectivity index (χ2v) is 7.88. The molecule has 28 heavy (non-hydrogen) atoms. The summed E-state index contributed by atoms with van der Waals surface area (Å²) in [7, 11) is 0. The number of piperidine rings is 1. The van der Waals surface area contributed by atoms with Gasteiger partial charge in [0, 0.05) is 25.8 Å². The van der Waals surface area contributed by atoms with Gasteiger partial charge in [-0.1, -0.05) is 24.3 Å². The highest BCUT2D eigenvalue weighted by atomic mass is 16.1. The molecule has 3 aromatic rings. The number of aldehydes is 1. The van der Waals surface area contributed by atoms with E-state index < -0.39 is 0 Å². The summed E-state index contributed by atoms with van der Waals surface area (Å²) < 4.78 is 2.04. The number of hydrogen-bond donors (Lipinski definition) is 1. The number of nitrogens with zero attached hydrogens (tertiary/aromatic N) is 3. The quantitative estimate of drug-likeness (QED) is 0.708. The highest BCUT2D eigenvalue weighted by Crippen LogP contribution is 2.43. The lowest BCUT2D eigenvalue weighted by atomic mass is 9.82. The van der Waals surface area contributed by atoms with E-state index >= 15 is 0 Å². The van der Waals surface area contributed by atoms with Gasteiger partial charge in [-0.05, 0) is 55.2 Å². The second-order valence-electron chi connectivity index (χ2n) is 7.88. The van der Waals surface area contributed by atoms with Crippen LogP contribution in [-0.2, 0) is 12.1 Å². The lowest BCUT2D eigenvalue weighted by Crippen LogP contribution is -2.49. The number of carbonyl (C=O) groups excluding carboxylic acids is 1. The Hall–Kier alpha value is -2.92. The average molecular weight is 372 g/mol. The van der Waals surface area contributed by atoms with Crippen molar-refractivity contribution < 1.29 is 4.79 Å². The van der Waals surface area contributed by atoms with E-state index in [1.54, 1.807) is 6.20 Å². The van der Waals surface area contributed by atoms with Crippen LogP contribution in [0.5, 0.6) is 0 Å². The molecule has 5 rings (SSSR count). The van der Waals surface area contributed by atoms with Crippen LogP contribution in [0.2, 0.25) is 0 Å². The van der Waals surface area contributed by atoms with Gasteiger partial charge in [0.2, 0.25) is 0 Å². The Morgan fingerprint density at radius 1 is 1.11 bits per heavy atom. The summed E-state index contributed by atoms with van der Waals surface area (Å²) >= 11 is 0. The van der Waals surface area contributed by atoms with Crippen LogP contribution in [0.15, 0.2) is 54.7 Å². The zero-order valence-electron chi connectivity index (χ0n) is 16.1. The minimum Gasteiger partial charge on any atom is -0.371 e. The van der Waals surface area contributed by atoms with Gasteiger partial charge in [-0.15, -0.1) is 0 Å². The number of anilines is 1. The van der Waals surface area contributed by atoms with E-state index in [9.17, 15) is 4.79 Å². The predicted molar refractivity (Wildman–Crippen MR) is 110 cm³/mol. The molecule has 1 saturated heterocycles. The molecule has 1 aromatic carbocycles. The first-order valence-electron chi connectivity index (χ1n) is 9.88. The summed E-state index contributed by atoms with van der Waals surface area (Å²) in [6.45, 7) is 5.19. The largest absolute Gasteiger partial charge is 0.371 e. The lowest BCUT2D eigenvalue weighted by molar-refractivity contribution is 0.111. The summed E-state index contributed by atoms with van der Waals surface area (Å²) in [5.41, 5.74) is 5.41. The zero-order valence-corrected chi connectivity index (χ0v) is 16.1. The zero-order chi connectivity index (χ0) is 19.1. The molecule has 4 heterocycles. The predicted octanol–water partition coefficient (Wildman–Crippen LogP) is 3.91. The summed E-state index contributed by atoms with van der Waals surface area (Å²) in [6, 6.07) is 16.6. The maximum Gasteiger partial charge on any atom is 0.166 e. The van der Waals surface area contributed by atoms with E-state index in [1.807, 2.05) is 16.7 Å². The number of carbonyl (C=O) groups is 1. The van der Waals surface area contributed by atoms with Crippen LogP contribution in [0.1, 0.15) is 40.2 Å². The molecule has 0 atom stereocenters. The Labute approximate surface area is 165 Å². The highest BCUT2D eigenvalue weighted by Gasteiger charge is 2.42. The SMILES string of the molecule is Cc1ccccc1CN1CCC2(CC1)Nc1cccnc1-n1c(C=O)ccc12. The van der Waals surface area contributed by atoms with E-state index in [0.717, 1.165) is 56.0 Å². The van der Waals surface area contributed by atoms with Crippen LogP contribution >= 0.6 is 0 Å². The van der Waals surface area contributed by atoms with E-state index in [0.29, 0.717) is 5.69 Å². The smallest absolute Gasteiger partial charge is 0.166 e. The van der Waals surface area contributed by atoms with Gasteiger partial charge in [-0.2, -0.15) is 0 Å². The van der Waals surface area contributed by atoms with Crippen molar-refractivity contribution in [3.63, 3.8) is 0 Å². The van der Waals surface area contributed by atoms with Crippen molar-refractivity contribution in [1.29, 1.82) is 0 Å². The number of likely N-dealkylation sites (tertiary alicyclic amines) is 1. The van der Waals surface area contributed by atoms with Gasteiger partial charge in [0.25, 0.3) is 0 Å². The van der Waals surface area contributed by atoms with Crippen LogP contribution in [0, 0.1) is 6.92 Å². The highest BCUT2D eigenvalue weighted by molar-refractivity contribution is 5.77. The molecule has 5 nitrogen and oxygen atoms in total. The molecule has 0 bridgehead atoms. The van der Waals surface area contributed by atoms with Crippen molar-refractivity contribution in [1.82, 2.24) is 14.5 Å². The number of hydrogen-bond acceptors (Lipinski definition) is 4. The molecule has 142 valence electrons. The van der Waals surface area contributed by atoms with Crippen LogP contribution in [0.4, 0.5) is 5.69 Å². The molecule has 0 aliphatic carbocycles. The molecule has 0 radical (unpaired) electrons. The maximum atomic E-state index is 11.6. The van der Waals surface area contributed by atoms with E-state index in [-0.39, 0.29) is 5.54 Å². The van der Waals surface area contributed by atoms with Gasteiger partial charge >= 0.3 is 0 Å². The molecular weight excluding hydrogens is 348 g/mol. The van der Waals surface area contributed by atoms with Crippen LogP contribution < -0.4 is 5.32 Å². The van der Waals surface area contributed by atoms with E-state index in [2.05, 4.69) is 58.5 Å². The van der Waals surface area contributed by atoms with Crippen molar-refractivity contribution in [2.24, 2.45) is 0 Å². The maximum absolute atomic E-state index is 11.6. The average Bonchev–Trinajstić information content (AvgIpc) is 3.17. The van der Waals surface area contributed by atoms with Crippen molar-refractivity contribution in [2.45, 2.75) is 31.8 Å². The first-order valence-corrected chi connectivity index (χ1v) is 9.88. The molecule has 1 spiro atoms. The molecule has 0 saturated carbocycles. The Balaban J connectivity index is 1.44. The van der Waals surface area contributed by atoms with Gasteiger partial charge in [0.15, 0.2) is 12.1 Å². The van der Waals surface area contributed by atoms with Crippen molar-refractivity contribution >= 4 is 12.0 Å². The third-order valence-corrected chi connectivity index (χ3v) is 6.26. The topological polar surface area (TPSA) is 50.2 Å². The fourth-order valence-electron chi connectivity index (χ4n) is 4.65. The molecule has 5 heteroatoms. The number of pyridine rings is 1. The van der Waals surface area contributed by atoms with Gasteiger partial charge in [0.1, 0.15) is 0 Å². The molecule has 1 N–H and O–H groups in total. The molecule has 2 aliphatic rings. The van der Waals surface area contributed by atoms with Crippen molar-refractivity contribution in [3.05, 3.63) is 77.2 Å². The van der Waals surface area contributed by atoms with Crippen molar-refractivity contribution in [3.8, 4) is 5.82 Å². The Bertz CT molecular complexity index is 1030. The fraction of sp³-hybridized carbons (Fsp3) is 0.304. The summed E-state index contributed by atoms with van der Waals surface area (Å²) in [4.78, 5) is 18.7. The minimum atomic E-state index is -0.153. The van der Waals surface area contributed by atoms with E-state index in [4.69, 9.17) is 0 Å². The van der Waals surface area contributed by atoms with E-state index in [1.165, 1.54) is 11.1 Å². The molecular formula is C23H24N4O. The Kier molecular flexibility index (Phi) is 4.05. The van der Waals surface area contributed by atoms with Gasteiger partial charge in [0.05, 0.1) is 22.6 Å². The van der Waals surface area contributed by atoms with Crippen LogP contribution in [-0.4, -0.2) is 33.8 Å². The van der Waals surface area contributed by atoms with Gasteiger partial charge < -0.3 is 5.32 Å². The molecule has 1 fully saturated rings. The molecule has 0 unspecified atom stereocenters. The van der Waals surface area contributed by atoms with Gasteiger partial charge in [-0.25, -0.2) is 4.98 Å². The fourth-order valence-corrected chi connectivity index (χ4v) is 4.65. The third kappa shape index (κ3) is 2.66. The standard InChI is InChI=1S/C23H24N4O/c1-17-5-2-3-6-18(17)15-26-13-10-23(11-14-26)21-9-8-19(16-28)27(21)22-20(25-23)7-4-12-24-22/h2-9,12,16,25H,10-11,13-15H2,1H3. The summed E-state index contributed by atoms with van der Waals surface area (Å²) in [5.74, 6) is 0.817. The van der Waals surface area contributed by atoms with Gasteiger partial charge in [-0.3, -0.25) is 14.3 Å². The summed E-state index contributed by atoms with van der Waals surface area (Å²) in [5, 5.41) is 3.78. The lowest BCUT2D eigenvalue weighted by Gasteiger charge is -2.46. The molecule has 2 aliphatic heterocycles. The van der Waals surface area contributed by atoms with Crippen molar-refractivity contribution in [2.75, 3.05) is 18.4 Å². The monoisotopic (exact) mass is 372 g/mol. The number of benzene rings is 1. The Morgan fingerprint density at radius 2 is 1.93 bits per heavy atom. The minimum absolute atomic E-state index is 0.153. The number of nitrogens with one attached hydrogen (secondary N) is 1. The van der Waals surface area contributed by atoms with Crippen LogP contribution in [0.3, 0.4) is 0 Å². The summed E-state index contributed by atoms with van der Waals surface area (Å²) in [6.07, 6.45) is 4.70. The second kappa shape index (κ2) is 6.60. The first-order chi connectivity index (χ1) is 13.7. The number of fused-ring (bicyclic) bond motifs is 4. The molecule has 0 amide bonds. The number of rotatable bonds is 3. The third-order valence-electron chi connectivity index (χ3n) is 6.26. The Morgan fingerprint density at radius 3 is 2.71 bits per heavy atom. The van der Waals surface area contributed by atoms with Crippen LogP contribution in [0.25, 0.3) is 5.82 Å². The first kappa shape index (κ1) is 17.2.